The van der Waals surface area contributed by atoms with Crippen LogP contribution in [0.15, 0.2) is 364 Å². The van der Waals surface area contributed by atoms with Crippen molar-refractivity contribution in [2.75, 3.05) is 19.6 Å². The van der Waals surface area contributed by atoms with E-state index in [9.17, 15) is 2.74 Å². The molecule has 20 rings (SSSR count). The molecule has 0 saturated heterocycles. The zero-order valence-corrected chi connectivity index (χ0v) is 86.0. The molecule has 0 heterocycles. The van der Waals surface area contributed by atoms with Crippen molar-refractivity contribution in [3.05, 3.63) is 431 Å². The molecule has 0 amide bonds. The molecule has 0 aliphatic heterocycles. The van der Waals surface area contributed by atoms with Gasteiger partial charge in [-0.3, -0.25) is 0 Å². The average Bonchev–Trinajstić information content (AvgIpc) is 1.10. The summed E-state index contributed by atoms with van der Waals surface area (Å²) in [4.78, 5) is 9.81. The molecule has 0 aromatic heterocycles. The fourth-order valence-electron chi connectivity index (χ4n) is 23.2. The van der Waals surface area contributed by atoms with Crippen LogP contribution in [-0.2, 0) is 28.1 Å². The highest BCUT2D eigenvalue weighted by atomic mass is 15.2. The van der Waals surface area contributed by atoms with Crippen molar-refractivity contribution in [2.45, 2.75) is 242 Å². The average molecular weight is 1800 g/mol. The Balaban J connectivity index is 0.000000129. The van der Waals surface area contributed by atoms with E-state index in [0.29, 0.717) is 0 Å². The summed E-state index contributed by atoms with van der Waals surface area (Å²) in [5.41, 5.74) is 43.8. The highest BCUT2D eigenvalue weighted by Crippen LogP contribution is 2.60. The van der Waals surface area contributed by atoms with Crippen molar-refractivity contribution in [3.8, 4) is 89.0 Å². The largest absolute Gasteiger partial charge is 0.336 e. The van der Waals surface area contributed by atoms with Gasteiger partial charge in [0.15, 0.2) is 0 Å². The Morgan fingerprint density at radius 2 is 0.460 bits per heavy atom. The van der Waals surface area contributed by atoms with Crippen molar-refractivity contribution in [1.29, 1.82) is 0 Å². The molecule has 0 radical (unpaired) electrons. The van der Waals surface area contributed by atoms with Crippen LogP contribution in [0.5, 0.6) is 0 Å². The molecular formula is C133H142N4. The second-order valence-corrected chi connectivity index (χ2v) is 44.5. The summed E-state index contributed by atoms with van der Waals surface area (Å²) in [6.07, 6.45) is -0.351. The van der Waals surface area contributed by atoms with Gasteiger partial charge in [-0.2, -0.15) is 0 Å². The van der Waals surface area contributed by atoms with E-state index in [2.05, 4.69) is 529 Å². The van der Waals surface area contributed by atoms with Crippen molar-refractivity contribution in [2.24, 2.45) is 0 Å². The third-order valence-corrected chi connectivity index (χ3v) is 28.9. The van der Waals surface area contributed by atoms with Gasteiger partial charge in [-0.25, -0.2) is 0 Å². The van der Waals surface area contributed by atoms with E-state index in [1.807, 2.05) is 34.6 Å². The van der Waals surface area contributed by atoms with E-state index < -0.39 is 11.8 Å². The number of rotatable bonds is 15. The summed E-state index contributed by atoms with van der Waals surface area (Å²) in [5, 5.41) is 0. The SMILES string of the molecule is Cc1c(N(c2cccc(-c3ccccc3)c2)C(C)(C)C)ccc2c1C(C)(C)c1ccccc1-2.[2H]C(C)(C)c1c(N(c2cccc(-c3ccccc3)c2)C(C)(C)C)ccc2c1C(C)(C)c1ccccc1-2.[2H]C(C)(C)c1c(N(c2cccc(-c3ccccc3)c2)C(C)(C)C)ccc2c1C(C)(C)c1ccccc1-2.[2H]C(C)c1c(N(c2cccc(-c3ccccc3)c2)C(C)(C)C)ccc2c1C(C)(C)c1ccccc1-2. The predicted molar refractivity (Wildman–Crippen MR) is 593 cm³/mol. The molecule has 137 heavy (non-hydrogen) atoms. The molecule has 4 heteroatoms. The summed E-state index contributed by atoms with van der Waals surface area (Å²) in [5.74, 6) is -1.55. The molecule has 16 aromatic carbocycles. The lowest BCUT2D eigenvalue weighted by atomic mass is 9.77. The number of fused-ring (bicyclic) bond motifs is 12. The number of hydrogen-bond donors (Lipinski definition) is 0. The fourth-order valence-corrected chi connectivity index (χ4v) is 23.2. The van der Waals surface area contributed by atoms with Crippen LogP contribution >= 0.6 is 0 Å². The Morgan fingerprint density at radius 3 is 0.737 bits per heavy atom. The molecule has 4 aliphatic rings. The number of anilines is 8. The summed E-state index contributed by atoms with van der Waals surface area (Å²) in [7, 11) is 0. The minimum absolute atomic E-state index is 0.0124. The van der Waals surface area contributed by atoms with E-state index >= 15 is 0 Å². The topological polar surface area (TPSA) is 13.0 Å². The van der Waals surface area contributed by atoms with Gasteiger partial charge in [0, 0.05) is 93.4 Å². The Kier molecular flexibility index (Phi) is 24.7. The summed E-state index contributed by atoms with van der Waals surface area (Å²) >= 11 is 0. The molecule has 0 bridgehead atoms. The van der Waals surface area contributed by atoms with E-state index in [1.165, 1.54) is 150 Å². The van der Waals surface area contributed by atoms with Gasteiger partial charge in [0.1, 0.15) is 0 Å². The first kappa shape index (κ1) is 91.5. The van der Waals surface area contributed by atoms with E-state index in [0.717, 1.165) is 50.8 Å². The van der Waals surface area contributed by atoms with Gasteiger partial charge in [-0.15, -0.1) is 0 Å². The maximum Gasteiger partial charge on any atom is 0.0454 e. The van der Waals surface area contributed by atoms with Gasteiger partial charge in [0.2, 0.25) is 0 Å². The Labute approximate surface area is 825 Å². The molecule has 16 aromatic rings. The first-order chi connectivity index (χ1) is 66.1. The van der Waals surface area contributed by atoms with Crippen molar-refractivity contribution >= 4 is 45.5 Å². The third-order valence-electron chi connectivity index (χ3n) is 28.9. The van der Waals surface area contributed by atoms with Gasteiger partial charge in [-0.05, 0) is 337 Å². The minimum atomic E-state index is -0.777. The molecule has 1 unspecified atom stereocenters. The second-order valence-electron chi connectivity index (χ2n) is 44.5. The fraction of sp³-hybridized carbons (Fsp3) is 0.278. The van der Waals surface area contributed by atoms with Crippen LogP contribution in [-0.4, -0.2) is 22.2 Å². The normalized spacial score (nSPS) is 14.7. The lowest BCUT2D eigenvalue weighted by Gasteiger charge is -2.41. The molecule has 1 atom stereocenters. The van der Waals surface area contributed by atoms with Gasteiger partial charge < -0.3 is 19.6 Å². The summed E-state index contributed by atoms with van der Waals surface area (Å²) in [6, 6.07) is 131. The lowest BCUT2D eigenvalue weighted by molar-refractivity contribution is 0.555. The standard InChI is InChI=1S/2C34H37N.C33H35N.C32H33N/c2*1-23(2)31-30(21-20-28-27-18-11-12-19-29(27)34(6,7)32(28)31)35(33(3,4)5)26-17-13-16-25(22-26)24-14-9-8-10-15-24;1-7-26-30(21-20-28-27-18-11-12-19-29(27)33(5,6)31(26)28)34(32(2,3)4)25-17-13-16-24(22-25)23-14-9-8-10-15-23;1-22-29(20-19-27-26-17-10-11-18-28(26)32(5,6)30(22)27)33(31(2,3)4)25-16-12-15-24(21-25)23-13-8-7-9-14-23/h2*8-23H,1-7H3;8-22H,7H2,1-6H3;7-21H,1-6H3/i2*23D;7D;. The zero-order chi connectivity index (χ0) is 100. The van der Waals surface area contributed by atoms with Crippen LogP contribution in [0.25, 0.3) is 89.0 Å². The molecule has 0 saturated carbocycles. The summed E-state index contributed by atoms with van der Waals surface area (Å²) < 4.78 is 27.8. The lowest BCUT2D eigenvalue weighted by Crippen LogP contribution is -2.38. The van der Waals surface area contributed by atoms with Crippen molar-refractivity contribution in [1.82, 2.24) is 0 Å². The Bertz CT molecular complexity index is 7050. The molecule has 694 valence electrons. The summed E-state index contributed by atoms with van der Waals surface area (Å²) in [6.45, 7) is 58.3. The molecule has 0 spiro atoms. The van der Waals surface area contributed by atoms with Crippen LogP contribution in [0, 0.1) is 6.92 Å². The molecular weight excluding hydrogens is 1650 g/mol. The van der Waals surface area contributed by atoms with Crippen molar-refractivity contribution < 1.29 is 4.11 Å². The maximum atomic E-state index is 9.38. The molecule has 0 fully saturated rings. The highest BCUT2D eigenvalue weighted by molar-refractivity contribution is 5.93. The van der Waals surface area contributed by atoms with Gasteiger partial charge in [0.25, 0.3) is 0 Å². The Morgan fingerprint density at radius 1 is 0.241 bits per heavy atom. The first-order valence-electron chi connectivity index (χ1n) is 51.0. The smallest absolute Gasteiger partial charge is 0.0454 e. The van der Waals surface area contributed by atoms with Crippen LogP contribution in [0.1, 0.15) is 256 Å². The number of nitrogens with zero attached hydrogens (tertiary/aromatic N) is 4. The van der Waals surface area contributed by atoms with Gasteiger partial charge >= 0.3 is 0 Å². The monoisotopic (exact) mass is 1800 g/mol. The predicted octanol–water partition coefficient (Wildman–Crippen LogP) is 37.5. The molecule has 0 N–H and O–H groups in total. The van der Waals surface area contributed by atoms with E-state index in [-0.39, 0.29) is 50.2 Å². The van der Waals surface area contributed by atoms with Crippen LogP contribution in [0.4, 0.5) is 45.5 Å². The number of hydrogen-bond acceptors (Lipinski definition) is 4. The van der Waals surface area contributed by atoms with E-state index in [4.69, 9.17) is 1.37 Å². The van der Waals surface area contributed by atoms with Crippen LogP contribution < -0.4 is 19.6 Å². The van der Waals surface area contributed by atoms with E-state index in [1.54, 1.807) is 0 Å². The zero-order valence-electron chi connectivity index (χ0n) is 89.0. The third kappa shape index (κ3) is 17.8. The van der Waals surface area contributed by atoms with Crippen molar-refractivity contribution in [3.63, 3.8) is 0 Å². The maximum absolute atomic E-state index is 9.38. The van der Waals surface area contributed by atoms with Crippen LogP contribution in [0.2, 0.25) is 0 Å². The minimum Gasteiger partial charge on any atom is -0.336 e. The quantitative estimate of drug-likeness (QED) is 0.101. The molecule has 4 nitrogen and oxygen atoms in total. The second kappa shape index (κ2) is 37.0. The Hall–Kier alpha value is -13.3. The highest BCUT2D eigenvalue weighted by Gasteiger charge is 2.45. The number of benzene rings is 16. The molecule has 4 aliphatic carbocycles. The van der Waals surface area contributed by atoms with Gasteiger partial charge in [0.05, 0.1) is 0 Å². The van der Waals surface area contributed by atoms with Gasteiger partial charge in [-0.1, -0.05) is 381 Å². The van der Waals surface area contributed by atoms with Crippen LogP contribution in [0.3, 0.4) is 0 Å². The first-order valence-corrected chi connectivity index (χ1v) is 49.4.